The number of rotatable bonds is 2. The molecule has 1 aromatic rings. The van der Waals surface area contributed by atoms with E-state index < -0.39 is 5.97 Å². The summed E-state index contributed by atoms with van der Waals surface area (Å²) >= 11 is 0. The molecular formula is C9H12N2O3. The van der Waals surface area contributed by atoms with E-state index in [-0.39, 0.29) is 11.3 Å². The molecule has 0 unspecified atom stereocenters. The van der Waals surface area contributed by atoms with E-state index in [2.05, 4.69) is 4.74 Å². The van der Waals surface area contributed by atoms with E-state index in [1.54, 1.807) is 6.07 Å². The van der Waals surface area contributed by atoms with Crippen LogP contribution in [0, 0.1) is 0 Å². The molecule has 0 saturated carbocycles. The second-order valence-corrected chi connectivity index (χ2v) is 2.67. The van der Waals surface area contributed by atoms with Gasteiger partial charge in [-0.2, -0.15) is 0 Å². The maximum Gasteiger partial charge on any atom is 0.340 e. The van der Waals surface area contributed by atoms with Crippen LogP contribution in [0.4, 0.5) is 11.4 Å². The van der Waals surface area contributed by atoms with Gasteiger partial charge in [0.15, 0.2) is 0 Å². The Kier molecular flexibility index (Phi) is 2.81. The quantitative estimate of drug-likeness (QED) is 0.535. The fourth-order valence-electron chi connectivity index (χ4n) is 1.04. The van der Waals surface area contributed by atoms with Gasteiger partial charge in [-0.25, -0.2) is 4.79 Å². The fourth-order valence-corrected chi connectivity index (χ4v) is 1.04. The zero-order valence-corrected chi connectivity index (χ0v) is 8.03. The fraction of sp³-hybridized carbons (Fsp3) is 0.222. The molecule has 5 nitrogen and oxygen atoms in total. The lowest BCUT2D eigenvalue weighted by Gasteiger charge is -2.08. The molecule has 1 rings (SSSR count). The van der Waals surface area contributed by atoms with E-state index in [0.29, 0.717) is 11.4 Å². The van der Waals surface area contributed by atoms with Crippen molar-refractivity contribution >= 4 is 17.3 Å². The van der Waals surface area contributed by atoms with Gasteiger partial charge in [0.05, 0.1) is 31.2 Å². The first-order valence-electron chi connectivity index (χ1n) is 3.91. The van der Waals surface area contributed by atoms with Gasteiger partial charge in [-0.15, -0.1) is 0 Å². The Hall–Kier alpha value is -1.91. The van der Waals surface area contributed by atoms with Gasteiger partial charge in [-0.1, -0.05) is 0 Å². The molecule has 14 heavy (non-hydrogen) atoms. The van der Waals surface area contributed by atoms with Crippen molar-refractivity contribution in [2.24, 2.45) is 0 Å². The summed E-state index contributed by atoms with van der Waals surface area (Å²) in [7, 11) is 2.75. The Morgan fingerprint density at radius 3 is 2.43 bits per heavy atom. The standard InChI is InChI=1S/C9H12N2O3/c1-13-5-3-6(9(12)14-2)8(11)7(10)4-5/h3-4H,10-11H2,1-2H3. The molecular weight excluding hydrogens is 184 g/mol. The number of hydrogen-bond acceptors (Lipinski definition) is 5. The highest BCUT2D eigenvalue weighted by Crippen LogP contribution is 2.27. The summed E-state index contributed by atoms with van der Waals surface area (Å²) in [4.78, 5) is 11.2. The van der Waals surface area contributed by atoms with E-state index in [1.165, 1.54) is 20.3 Å². The van der Waals surface area contributed by atoms with Crippen LogP contribution in [0.15, 0.2) is 12.1 Å². The third-order valence-electron chi connectivity index (χ3n) is 1.83. The molecule has 0 atom stereocenters. The van der Waals surface area contributed by atoms with Crippen LogP contribution < -0.4 is 16.2 Å². The maximum absolute atomic E-state index is 11.2. The van der Waals surface area contributed by atoms with Gasteiger partial charge in [-0.05, 0) is 6.07 Å². The molecule has 0 aliphatic rings. The number of esters is 1. The predicted molar refractivity (Wildman–Crippen MR) is 53.2 cm³/mol. The summed E-state index contributed by atoms with van der Waals surface area (Å²) in [5, 5.41) is 0. The first-order valence-corrected chi connectivity index (χ1v) is 3.91. The molecule has 0 spiro atoms. The third-order valence-corrected chi connectivity index (χ3v) is 1.83. The van der Waals surface area contributed by atoms with E-state index in [0.717, 1.165) is 0 Å². The normalized spacial score (nSPS) is 9.57. The summed E-state index contributed by atoms with van der Waals surface area (Å²) in [5.41, 5.74) is 11.9. The number of methoxy groups -OCH3 is 2. The van der Waals surface area contributed by atoms with E-state index >= 15 is 0 Å². The Bertz CT molecular complexity index is 363. The van der Waals surface area contributed by atoms with Crippen LogP contribution in [0.1, 0.15) is 10.4 Å². The Morgan fingerprint density at radius 1 is 1.29 bits per heavy atom. The molecule has 5 heteroatoms. The number of ether oxygens (including phenoxy) is 2. The first-order chi connectivity index (χ1) is 6.60. The van der Waals surface area contributed by atoms with Crippen molar-refractivity contribution in [3.8, 4) is 5.75 Å². The van der Waals surface area contributed by atoms with Crippen LogP contribution >= 0.6 is 0 Å². The van der Waals surface area contributed by atoms with Gasteiger partial charge in [0.1, 0.15) is 5.75 Å². The van der Waals surface area contributed by atoms with Gasteiger partial charge in [0.2, 0.25) is 0 Å². The highest BCUT2D eigenvalue weighted by atomic mass is 16.5. The largest absolute Gasteiger partial charge is 0.497 e. The maximum atomic E-state index is 11.2. The molecule has 0 saturated heterocycles. The van der Waals surface area contributed by atoms with Crippen molar-refractivity contribution in [1.82, 2.24) is 0 Å². The number of carbonyl (C=O) groups excluding carboxylic acids is 1. The average Bonchev–Trinajstić information content (AvgIpc) is 2.20. The number of hydrogen-bond donors (Lipinski definition) is 2. The van der Waals surface area contributed by atoms with Gasteiger partial charge < -0.3 is 20.9 Å². The van der Waals surface area contributed by atoms with Crippen LogP contribution in [0.5, 0.6) is 5.75 Å². The van der Waals surface area contributed by atoms with Crippen LogP contribution in [0.2, 0.25) is 0 Å². The molecule has 0 bridgehead atoms. The van der Waals surface area contributed by atoms with Crippen LogP contribution in [-0.2, 0) is 4.74 Å². The lowest BCUT2D eigenvalue weighted by molar-refractivity contribution is 0.0601. The topological polar surface area (TPSA) is 87.6 Å². The minimum Gasteiger partial charge on any atom is -0.497 e. The van der Waals surface area contributed by atoms with Crippen molar-refractivity contribution in [3.63, 3.8) is 0 Å². The van der Waals surface area contributed by atoms with Crippen LogP contribution in [0.25, 0.3) is 0 Å². The summed E-state index contributed by atoms with van der Waals surface area (Å²) in [6.45, 7) is 0. The zero-order chi connectivity index (χ0) is 10.7. The van der Waals surface area contributed by atoms with E-state index in [1.807, 2.05) is 0 Å². The van der Waals surface area contributed by atoms with Crippen molar-refractivity contribution < 1.29 is 14.3 Å². The second-order valence-electron chi connectivity index (χ2n) is 2.67. The van der Waals surface area contributed by atoms with Gasteiger partial charge >= 0.3 is 5.97 Å². The monoisotopic (exact) mass is 196 g/mol. The van der Waals surface area contributed by atoms with Gasteiger partial charge in [-0.3, -0.25) is 0 Å². The zero-order valence-electron chi connectivity index (χ0n) is 8.03. The van der Waals surface area contributed by atoms with Gasteiger partial charge in [0, 0.05) is 6.07 Å². The minimum absolute atomic E-state index is 0.206. The Balaban J connectivity index is 3.27. The molecule has 0 aromatic heterocycles. The molecule has 4 N–H and O–H groups in total. The Labute approximate surface area is 81.6 Å². The number of nitrogen functional groups attached to an aromatic ring is 2. The van der Waals surface area contributed by atoms with Crippen molar-refractivity contribution in [3.05, 3.63) is 17.7 Å². The third kappa shape index (κ3) is 1.71. The van der Waals surface area contributed by atoms with E-state index in [4.69, 9.17) is 16.2 Å². The highest BCUT2D eigenvalue weighted by molar-refractivity contribution is 5.98. The minimum atomic E-state index is -0.534. The SMILES string of the molecule is COC(=O)c1cc(OC)cc(N)c1N. The molecule has 0 radical (unpaired) electrons. The van der Waals surface area contributed by atoms with Crippen molar-refractivity contribution in [2.75, 3.05) is 25.7 Å². The predicted octanol–water partition coefficient (Wildman–Crippen LogP) is 0.646. The highest BCUT2D eigenvalue weighted by Gasteiger charge is 2.13. The lowest BCUT2D eigenvalue weighted by Crippen LogP contribution is -2.08. The summed E-state index contributed by atoms with van der Waals surface area (Å²) in [6.07, 6.45) is 0. The van der Waals surface area contributed by atoms with Crippen LogP contribution in [-0.4, -0.2) is 20.2 Å². The summed E-state index contributed by atoms with van der Waals surface area (Å²) < 4.78 is 9.48. The lowest BCUT2D eigenvalue weighted by atomic mass is 10.1. The van der Waals surface area contributed by atoms with Gasteiger partial charge in [0.25, 0.3) is 0 Å². The molecule has 0 amide bonds. The van der Waals surface area contributed by atoms with Crippen molar-refractivity contribution in [1.29, 1.82) is 0 Å². The molecule has 0 aliphatic carbocycles. The summed E-state index contributed by atoms with van der Waals surface area (Å²) in [5.74, 6) is -0.0646. The van der Waals surface area contributed by atoms with Crippen LogP contribution in [0.3, 0.4) is 0 Å². The first kappa shape index (κ1) is 10.2. The van der Waals surface area contributed by atoms with Crippen molar-refractivity contribution in [2.45, 2.75) is 0 Å². The second kappa shape index (κ2) is 3.87. The Morgan fingerprint density at radius 2 is 1.93 bits per heavy atom. The smallest absolute Gasteiger partial charge is 0.340 e. The van der Waals surface area contributed by atoms with E-state index in [9.17, 15) is 4.79 Å². The molecule has 0 fully saturated rings. The summed E-state index contributed by atoms with van der Waals surface area (Å²) in [6, 6.07) is 3.03. The number of carbonyl (C=O) groups is 1. The molecule has 76 valence electrons. The average molecular weight is 196 g/mol. The molecule has 0 heterocycles. The molecule has 0 aliphatic heterocycles. The number of benzene rings is 1. The number of nitrogens with two attached hydrogens (primary N) is 2. The number of anilines is 2. The molecule has 1 aromatic carbocycles.